The summed E-state index contributed by atoms with van der Waals surface area (Å²) < 4.78 is 5.35. The minimum atomic E-state index is -0.0113. The number of halogens is 1. The number of hydrogen-bond donors (Lipinski definition) is 1. The molecule has 1 aromatic rings. The highest BCUT2D eigenvalue weighted by Gasteiger charge is 2.54. The lowest BCUT2D eigenvalue weighted by molar-refractivity contribution is -0.146. The van der Waals surface area contributed by atoms with Crippen molar-refractivity contribution in [2.75, 3.05) is 33.3 Å². The first-order valence-electron chi connectivity index (χ1n) is 12.8. The molecule has 1 N–H and O–H groups in total. The number of hydrogen-bond acceptors (Lipinski definition) is 3. The maximum atomic E-state index is 13.1. The molecule has 4 bridgehead atoms. The van der Waals surface area contributed by atoms with Crippen molar-refractivity contribution in [3.8, 4) is 5.75 Å². The summed E-state index contributed by atoms with van der Waals surface area (Å²) in [5.41, 5.74) is 1.25. The van der Waals surface area contributed by atoms with Gasteiger partial charge in [-0.1, -0.05) is 24.6 Å². The molecule has 5 rings (SSSR count). The molecule has 0 saturated heterocycles. The lowest BCUT2D eigenvalue weighted by Gasteiger charge is -2.55. The van der Waals surface area contributed by atoms with Crippen LogP contribution in [-0.2, 0) is 11.2 Å². The molecule has 32 heavy (non-hydrogen) atoms. The highest BCUT2D eigenvalue weighted by atomic mass is 35.5. The van der Waals surface area contributed by atoms with Gasteiger partial charge in [-0.05, 0) is 113 Å². The van der Waals surface area contributed by atoms with Crippen LogP contribution >= 0.6 is 11.6 Å². The van der Waals surface area contributed by atoms with Crippen LogP contribution in [0.2, 0.25) is 5.02 Å². The van der Waals surface area contributed by atoms with Crippen molar-refractivity contribution in [1.82, 2.24) is 10.2 Å². The first-order chi connectivity index (χ1) is 15.5. The van der Waals surface area contributed by atoms with Crippen molar-refractivity contribution in [3.05, 3.63) is 28.8 Å². The number of nitrogens with one attached hydrogen (secondary N) is 1. The Morgan fingerprint density at radius 1 is 1.09 bits per heavy atom. The van der Waals surface area contributed by atoms with E-state index in [2.05, 4.69) is 23.2 Å². The molecule has 0 atom stereocenters. The van der Waals surface area contributed by atoms with Gasteiger partial charge in [-0.25, -0.2) is 0 Å². The van der Waals surface area contributed by atoms with E-state index in [1.807, 2.05) is 12.1 Å². The van der Waals surface area contributed by atoms with E-state index in [-0.39, 0.29) is 5.41 Å². The molecule has 4 fully saturated rings. The monoisotopic (exact) mass is 460 g/mol. The zero-order chi connectivity index (χ0) is 22.6. The second kappa shape index (κ2) is 10.8. The van der Waals surface area contributed by atoms with Gasteiger partial charge in [0, 0.05) is 18.5 Å². The van der Waals surface area contributed by atoms with E-state index >= 15 is 0 Å². The first kappa shape index (κ1) is 23.9. The van der Waals surface area contributed by atoms with Gasteiger partial charge in [0.15, 0.2) is 0 Å². The molecular weight excluding hydrogens is 420 g/mol. The Morgan fingerprint density at radius 3 is 2.41 bits per heavy atom. The van der Waals surface area contributed by atoms with Crippen molar-refractivity contribution in [2.45, 2.75) is 71.1 Å². The molecule has 0 aromatic heterocycles. The van der Waals surface area contributed by atoms with Crippen molar-refractivity contribution in [1.29, 1.82) is 0 Å². The van der Waals surface area contributed by atoms with Gasteiger partial charge in [0.25, 0.3) is 0 Å². The third kappa shape index (κ3) is 5.62. The summed E-state index contributed by atoms with van der Waals surface area (Å²) in [6.45, 7) is 6.31. The Bertz CT molecular complexity index is 746. The molecule has 4 saturated carbocycles. The van der Waals surface area contributed by atoms with Crippen LogP contribution in [0.3, 0.4) is 0 Å². The second-order valence-electron chi connectivity index (χ2n) is 10.7. The van der Waals surface area contributed by atoms with Crippen LogP contribution in [0.15, 0.2) is 18.2 Å². The number of carbonyl (C=O) groups is 1. The van der Waals surface area contributed by atoms with Crippen molar-refractivity contribution in [3.63, 3.8) is 0 Å². The zero-order valence-corrected chi connectivity index (χ0v) is 20.8. The normalized spacial score (nSPS) is 28.3. The molecule has 4 aliphatic rings. The minimum Gasteiger partial charge on any atom is -0.495 e. The Hall–Kier alpha value is -1.26. The van der Waals surface area contributed by atoms with Crippen LogP contribution in [0, 0.1) is 23.2 Å². The lowest BCUT2D eigenvalue weighted by atomic mass is 9.49. The van der Waals surface area contributed by atoms with E-state index in [1.54, 1.807) is 7.11 Å². The number of carbonyl (C=O) groups excluding carboxylic acids is 1. The van der Waals surface area contributed by atoms with E-state index in [0.29, 0.717) is 10.9 Å². The summed E-state index contributed by atoms with van der Waals surface area (Å²) in [5, 5.41) is 4.00. The quantitative estimate of drug-likeness (QED) is 0.406. The molecule has 1 amide bonds. The average molecular weight is 461 g/mol. The molecule has 5 heteroatoms. The predicted octanol–water partition coefficient (Wildman–Crippen LogP) is 5.72. The highest BCUT2D eigenvalue weighted by Crippen LogP contribution is 2.60. The second-order valence-corrected chi connectivity index (χ2v) is 11.1. The lowest BCUT2D eigenvalue weighted by Crippen LogP contribution is -2.53. The smallest absolute Gasteiger partial charge is 0.226 e. The average Bonchev–Trinajstić information content (AvgIpc) is 2.77. The molecular formula is C27H41ClN2O2. The summed E-state index contributed by atoms with van der Waals surface area (Å²) in [6, 6.07) is 6.06. The molecule has 0 radical (unpaired) electrons. The summed E-state index contributed by atoms with van der Waals surface area (Å²) >= 11 is 6.15. The highest BCUT2D eigenvalue weighted by molar-refractivity contribution is 6.32. The molecule has 0 unspecified atom stereocenters. The van der Waals surface area contributed by atoms with Gasteiger partial charge >= 0.3 is 0 Å². The summed E-state index contributed by atoms with van der Waals surface area (Å²) in [5.74, 6) is 3.61. The van der Waals surface area contributed by atoms with Crippen LogP contribution in [0.1, 0.15) is 70.3 Å². The Balaban J connectivity index is 1.17. The summed E-state index contributed by atoms with van der Waals surface area (Å²) in [4.78, 5) is 15.6. The number of rotatable bonds is 12. The van der Waals surface area contributed by atoms with E-state index in [0.717, 1.165) is 94.6 Å². The molecule has 178 valence electrons. The molecule has 0 aliphatic heterocycles. The van der Waals surface area contributed by atoms with Crippen LogP contribution in [0.4, 0.5) is 0 Å². The standard InChI is InChI=1S/C27H41ClN2O2/c1-3-10-30(12-8-20-6-7-24(28)25(16-20)32-2)11-5-4-9-29-26(31)27-17-21-13-22(18-27)15-23(14-21)19-27/h6-7,16,21-23H,3-5,8-15,17-19H2,1-2H3,(H,29,31). The largest absolute Gasteiger partial charge is 0.495 e. The summed E-state index contributed by atoms with van der Waals surface area (Å²) in [6.07, 6.45) is 12.0. The van der Waals surface area contributed by atoms with Gasteiger partial charge in [-0.3, -0.25) is 4.79 Å². The van der Waals surface area contributed by atoms with Gasteiger partial charge < -0.3 is 15.0 Å². The van der Waals surface area contributed by atoms with Gasteiger partial charge in [0.1, 0.15) is 5.75 Å². The molecule has 4 nitrogen and oxygen atoms in total. The molecule has 0 spiro atoms. The van der Waals surface area contributed by atoms with Crippen LogP contribution in [0.5, 0.6) is 5.75 Å². The number of ether oxygens (including phenoxy) is 1. The maximum Gasteiger partial charge on any atom is 0.226 e. The topological polar surface area (TPSA) is 41.6 Å². The van der Waals surface area contributed by atoms with Gasteiger partial charge in [0.2, 0.25) is 5.91 Å². The van der Waals surface area contributed by atoms with Crippen LogP contribution in [0.25, 0.3) is 0 Å². The number of unbranched alkanes of at least 4 members (excludes halogenated alkanes) is 1. The third-order valence-corrected chi connectivity index (χ3v) is 8.49. The number of benzene rings is 1. The number of methoxy groups -OCH3 is 1. The van der Waals surface area contributed by atoms with Crippen molar-refractivity contribution < 1.29 is 9.53 Å². The van der Waals surface area contributed by atoms with Gasteiger partial charge in [-0.15, -0.1) is 0 Å². The minimum absolute atomic E-state index is 0.0113. The molecule has 1 aromatic carbocycles. The van der Waals surface area contributed by atoms with Crippen LogP contribution in [-0.4, -0.2) is 44.1 Å². The van der Waals surface area contributed by atoms with E-state index < -0.39 is 0 Å². The van der Waals surface area contributed by atoms with Crippen molar-refractivity contribution in [2.24, 2.45) is 23.2 Å². The Morgan fingerprint density at radius 2 is 1.78 bits per heavy atom. The number of nitrogens with zero attached hydrogens (tertiary/aromatic N) is 1. The van der Waals surface area contributed by atoms with Gasteiger partial charge in [0.05, 0.1) is 12.1 Å². The third-order valence-electron chi connectivity index (χ3n) is 8.18. The fourth-order valence-electron chi connectivity index (χ4n) is 7.04. The van der Waals surface area contributed by atoms with Crippen LogP contribution < -0.4 is 10.1 Å². The van der Waals surface area contributed by atoms with E-state index in [9.17, 15) is 4.79 Å². The molecule has 0 heterocycles. The van der Waals surface area contributed by atoms with Crippen molar-refractivity contribution >= 4 is 17.5 Å². The van der Waals surface area contributed by atoms with E-state index in [1.165, 1.54) is 24.8 Å². The maximum absolute atomic E-state index is 13.1. The van der Waals surface area contributed by atoms with E-state index in [4.69, 9.17) is 16.3 Å². The summed E-state index contributed by atoms with van der Waals surface area (Å²) in [7, 11) is 1.66. The molecule has 4 aliphatic carbocycles. The first-order valence-corrected chi connectivity index (χ1v) is 13.2. The zero-order valence-electron chi connectivity index (χ0n) is 20.0. The van der Waals surface area contributed by atoms with Gasteiger partial charge in [-0.2, -0.15) is 0 Å². The predicted molar refractivity (Wildman–Crippen MR) is 131 cm³/mol. The Kier molecular flexibility index (Phi) is 8.04. The fourth-order valence-corrected chi connectivity index (χ4v) is 7.23. The SMILES string of the molecule is CCCN(CCCCNC(=O)C12CC3CC(CC(C3)C1)C2)CCc1ccc(Cl)c(OC)c1. The fraction of sp³-hybridized carbons (Fsp3) is 0.741. The number of amides is 1. The Labute approximate surface area is 199 Å².